The number of carbonyl (C=O) groups excluding carboxylic acids is 2. The summed E-state index contributed by atoms with van der Waals surface area (Å²) in [5, 5.41) is 0.881. The molecule has 0 amide bonds. The van der Waals surface area contributed by atoms with Crippen molar-refractivity contribution in [3.63, 3.8) is 0 Å². The molecule has 0 fully saturated rings. The molecule has 1 rings (SSSR count). The Hall–Kier alpha value is -1.10. The first kappa shape index (κ1) is 14.0. The Labute approximate surface area is 108 Å². The lowest BCUT2D eigenvalue weighted by Crippen LogP contribution is -2.03. The van der Waals surface area contributed by atoms with Crippen molar-refractivity contribution in [3.05, 3.63) is 23.7 Å². The number of carbonyl (C=O) groups is 2. The third-order valence-electron chi connectivity index (χ3n) is 2.14. The van der Waals surface area contributed by atoms with Crippen LogP contribution in [0, 0.1) is 0 Å². The van der Waals surface area contributed by atoms with E-state index in [4.69, 9.17) is 9.15 Å². The maximum absolute atomic E-state index is 11.7. The van der Waals surface area contributed by atoms with E-state index in [1.54, 1.807) is 6.92 Å². The monoisotopic (exact) mass is 302 g/mol. The summed E-state index contributed by atoms with van der Waals surface area (Å²) in [6.45, 7) is 2.00. The molecule has 0 saturated heterocycles. The van der Waals surface area contributed by atoms with Gasteiger partial charge in [-0.15, -0.1) is 0 Å². The van der Waals surface area contributed by atoms with Crippen LogP contribution < -0.4 is 0 Å². The molecule has 0 aliphatic carbocycles. The summed E-state index contributed by atoms with van der Waals surface area (Å²) >= 11 is 3.30. The van der Waals surface area contributed by atoms with Crippen molar-refractivity contribution in [3.8, 4) is 0 Å². The lowest BCUT2D eigenvalue weighted by Gasteiger charge is -1.98. The molecule has 0 aliphatic rings. The minimum Gasteiger partial charge on any atom is -0.460 e. The average Bonchev–Trinajstić information content (AvgIpc) is 2.79. The molecule has 17 heavy (non-hydrogen) atoms. The fourth-order valence-corrected chi connectivity index (χ4v) is 1.70. The fraction of sp³-hybridized carbons (Fsp3) is 0.500. The minimum atomic E-state index is -0.535. The Morgan fingerprint density at radius 3 is 2.65 bits per heavy atom. The van der Waals surface area contributed by atoms with Gasteiger partial charge in [0.15, 0.2) is 11.5 Å². The van der Waals surface area contributed by atoms with Crippen LogP contribution in [0.15, 0.2) is 16.5 Å². The Bertz CT molecular complexity index is 384. The number of halogens is 1. The smallest absolute Gasteiger partial charge is 0.374 e. The van der Waals surface area contributed by atoms with Crippen LogP contribution in [0.3, 0.4) is 0 Å². The van der Waals surface area contributed by atoms with Gasteiger partial charge in [-0.3, -0.25) is 4.79 Å². The summed E-state index contributed by atoms with van der Waals surface area (Å²) in [5.74, 6) is -0.313. The number of esters is 1. The molecule has 1 aromatic heterocycles. The van der Waals surface area contributed by atoms with Crippen molar-refractivity contribution in [2.45, 2.75) is 26.2 Å². The molecule has 0 aliphatic heterocycles. The number of ether oxygens (including phenoxy) is 1. The zero-order chi connectivity index (χ0) is 12.7. The van der Waals surface area contributed by atoms with Gasteiger partial charge in [-0.2, -0.15) is 0 Å². The first-order valence-corrected chi connectivity index (χ1v) is 6.67. The first-order chi connectivity index (χ1) is 8.19. The number of hydrogen-bond donors (Lipinski definition) is 0. The summed E-state index contributed by atoms with van der Waals surface area (Å²) in [7, 11) is 0. The maximum Gasteiger partial charge on any atom is 0.374 e. The van der Waals surface area contributed by atoms with Crippen LogP contribution in [0.25, 0.3) is 0 Å². The second-order valence-corrected chi connectivity index (χ2v) is 4.25. The van der Waals surface area contributed by atoms with E-state index >= 15 is 0 Å². The highest BCUT2D eigenvalue weighted by Crippen LogP contribution is 2.13. The number of rotatable bonds is 7. The van der Waals surface area contributed by atoms with Gasteiger partial charge < -0.3 is 9.15 Å². The van der Waals surface area contributed by atoms with Crippen molar-refractivity contribution in [2.24, 2.45) is 0 Å². The molecule has 0 N–H and O–H groups in total. The molecule has 0 saturated carbocycles. The first-order valence-electron chi connectivity index (χ1n) is 5.55. The highest BCUT2D eigenvalue weighted by atomic mass is 79.9. The van der Waals surface area contributed by atoms with Gasteiger partial charge in [0.2, 0.25) is 5.76 Å². The molecule has 0 radical (unpaired) electrons. The third kappa shape index (κ3) is 4.34. The zero-order valence-corrected chi connectivity index (χ0v) is 11.3. The summed E-state index contributed by atoms with van der Waals surface area (Å²) in [5.41, 5.74) is 0. The van der Waals surface area contributed by atoms with Crippen LogP contribution in [0.2, 0.25) is 0 Å². The molecule has 94 valence electrons. The molecule has 0 spiro atoms. The van der Waals surface area contributed by atoms with Gasteiger partial charge in [0.25, 0.3) is 0 Å². The lowest BCUT2D eigenvalue weighted by atomic mass is 10.1. The van der Waals surface area contributed by atoms with E-state index in [1.165, 1.54) is 12.1 Å². The van der Waals surface area contributed by atoms with Gasteiger partial charge in [0.1, 0.15) is 0 Å². The van der Waals surface area contributed by atoms with Gasteiger partial charge >= 0.3 is 5.97 Å². The summed E-state index contributed by atoms with van der Waals surface area (Å²) < 4.78 is 9.92. The molecule has 5 heteroatoms. The quantitative estimate of drug-likeness (QED) is 0.336. The molecule has 1 heterocycles. The predicted molar refractivity (Wildman–Crippen MR) is 66.6 cm³/mol. The van der Waals surface area contributed by atoms with Crippen molar-refractivity contribution >= 4 is 27.7 Å². The Morgan fingerprint density at radius 2 is 2.00 bits per heavy atom. The minimum absolute atomic E-state index is 0.0793. The Balaban J connectivity index is 2.55. The predicted octanol–water partition coefficient (Wildman–Crippen LogP) is 3.20. The van der Waals surface area contributed by atoms with Crippen molar-refractivity contribution in [1.82, 2.24) is 0 Å². The van der Waals surface area contributed by atoms with E-state index in [9.17, 15) is 9.59 Å². The van der Waals surface area contributed by atoms with Crippen molar-refractivity contribution < 1.29 is 18.7 Å². The normalized spacial score (nSPS) is 10.2. The number of alkyl halides is 1. The van der Waals surface area contributed by atoms with Crippen molar-refractivity contribution in [1.29, 1.82) is 0 Å². The van der Waals surface area contributed by atoms with E-state index in [0.29, 0.717) is 6.42 Å². The molecular weight excluding hydrogens is 288 g/mol. The largest absolute Gasteiger partial charge is 0.460 e. The standard InChI is InChI=1S/C12H15BrO4/c1-2-16-12(15)11-7-6-10(17-11)9(14)5-3-4-8-13/h6-7H,2-5,8H2,1H3. The van der Waals surface area contributed by atoms with Crippen LogP contribution in [0.1, 0.15) is 47.3 Å². The zero-order valence-electron chi connectivity index (χ0n) is 9.70. The Kier molecular flexibility index (Phi) is 5.97. The van der Waals surface area contributed by atoms with Crippen molar-refractivity contribution in [2.75, 3.05) is 11.9 Å². The number of furan rings is 1. The molecule has 0 atom stereocenters. The summed E-state index contributed by atoms with van der Waals surface area (Å²) in [6, 6.07) is 2.98. The van der Waals surface area contributed by atoms with E-state index in [-0.39, 0.29) is 23.9 Å². The van der Waals surface area contributed by atoms with Crippen LogP contribution >= 0.6 is 15.9 Å². The summed E-state index contributed by atoms with van der Waals surface area (Å²) in [6.07, 6.45) is 2.18. The van der Waals surface area contributed by atoms with Crippen LogP contribution in [0.4, 0.5) is 0 Å². The van der Waals surface area contributed by atoms with E-state index in [0.717, 1.165) is 18.2 Å². The van der Waals surface area contributed by atoms with Gasteiger partial charge in [-0.1, -0.05) is 15.9 Å². The number of Topliss-reactive ketones (excluding diaryl/α,β-unsaturated/α-hetero) is 1. The van der Waals surface area contributed by atoms with Crippen LogP contribution in [-0.4, -0.2) is 23.7 Å². The second kappa shape index (κ2) is 7.27. The topological polar surface area (TPSA) is 56.5 Å². The second-order valence-electron chi connectivity index (χ2n) is 3.45. The van der Waals surface area contributed by atoms with Gasteiger partial charge in [0, 0.05) is 11.8 Å². The maximum atomic E-state index is 11.7. The van der Waals surface area contributed by atoms with E-state index < -0.39 is 5.97 Å². The highest BCUT2D eigenvalue weighted by molar-refractivity contribution is 9.09. The average molecular weight is 303 g/mol. The van der Waals surface area contributed by atoms with Gasteiger partial charge in [-0.25, -0.2) is 4.79 Å². The van der Waals surface area contributed by atoms with Crippen LogP contribution in [0.5, 0.6) is 0 Å². The van der Waals surface area contributed by atoms with E-state index in [1.807, 2.05) is 0 Å². The lowest BCUT2D eigenvalue weighted by molar-refractivity contribution is 0.0488. The van der Waals surface area contributed by atoms with Gasteiger partial charge in [-0.05, 0) is 31.9 Å². The van der Waals surface area contributed by atoms with E-state index in [2.05, 4.69) is 15.9 Å². The SMILES string of the molecule is CCOC(=O)c1ccc(C(=O)CCCCBr)o1. The molecule has 0 unspecified atom stereocenters. The number of unbranched alkanes of at least 4 members (excludes halogenated alkanes) is 1. The summed E-state index contributed by atoms with van der Waals surface area (Å²) in [4.78, 5) is 23.0. The highest BCUT2D eigenvalue weighted by Gasteiger charge is 2.15. The fourth-order valence-electron chi connectivity index (χ4n) is 1.30. The molecule has 0 aromatic carbocycles. The third-order valence-corrected chi connectivity index (χ3v) is 2.71. The van der Waals surface area contributed by atoms with Gasteiger partial charge in [0.05, 0.1) is 6.61 Å². The molecular formula is C12H15BrO4. The molecule has 0 bridgehead atoms. The number of hydrogen-bond acceptors (Lipinski definition) is 4. The Morgan fingerprint density at radius 1 is 1.29 bits per heavy atom. The van der Waals surface area contributed by atoms with Crippen LogP contribution in [-0.2, 0) is 4.74 Å². The molecule has 4 nitrogen and oxygen atoms in total. The molecule has 1 aromatic rings. The number of ketones is 1.